The predicted octanol–water partition coefficient (Wildman–Crippen LogP) is 4.63. The van der Waals surface area contributed by atoms with Gasteiger partial charge in [0.25, 0.3) is 0 Å². The lowest BCUT2D eigenvalue weighted by Gasteiger charge is -2.20. The van der Waals surface area contributed by atoms with E-state index >= 15 is 0 Å². The van der Waals surface area contributed by atoms with E-state index in [2.05, 4.69) is 4.18 Å². The molecule has 0 bridgehead atoms. The molecule has 0 amide bonds. The Morgan fingerprint density at radius 2 is 1.44 bits per heavy atom. The van der Waals surface area contributed by atoms with Crippen molar-refractivity contribution in [3.63, 3.8) is 0 Å². The molecule has 3 aromatic rings. The van der Waals surface area contributed by atoms with Crippen LogP contribution in [0.3, 0.4) is 0 Å². The maximum Gasteiger partial charge on any atom is 0.412 e. The summed E-state index contributed by atoms with van der Waals surface area (Å²) in [6, 6.07) is 17.2. The van der Waals surface area contributed by atoms with Gasteiger partial charge in [-0.3, -0.25) is 0 Å². The number of benzene rings is 3. The summed E-state index contributed by atoms with van der Waals surface area (Å²) in [7, 11) is -5.31. The van der Waals surface area contributed by atoms with Crippen LogP contribution in [-0.2, 0) is 14.3 Å². The third-order valence-electron chi connectivity index (χ3n) is 3.87. The van der Waals surface area contributed by atoms with Crippen LogP contribution in [0.4, 0.5) is 13.2 Å². The Bertz CT molecular complexity index is 1080. The van der Waals surface area contributed by atoms with Crippen LogP contribution >= 0.6 is 0 Å². The largest absolute Gasteiger partial charge is 0.412 e. The molecule has 0 aliphatic rings. The van der Waals surface area contributed by atoms with Crippen molar-refractivity contribution in [2.24, 2.45) is 0 Å². The molecule has 8 heteroatoms. The van der Waals surface area contributed by atoms with E-state index in [9.17, 15) is 26.4 Å². The minimum atomic E-state index is -5.31. The van der Waals surface area contributed by atoms with Crippen LogP contribution < -0.4 is 0 Å². The van der Waals surface area contributed by atoms with Crippen LogP contribution in [-0.4, -0.2) is 20.6 Å². The Morgan fingerprint density at radius 1 is 0.852 bits per heavy atom. The van der Waals surface area contributed by atoms with Gasteiger partial charge >= 0.3 is 22.3 Å². The van der Waals surface area contributed by atoms with E-state index in [0.29, 0.717) is 5.39 Å². The van der Waals surface area contributed by atoms with Crippen LogP contribution in [0.25, 0.3) is 10.8 Å². The smallest absolute Gasteiger partial charge is 0.341 e. The number of halogens is 3. The number of fused-ring (bicyclic) bond motifs is 1. The minimum Gasteiger partial charge on any atom is -0.341 e. The van der Waals surface area contributed by atoms with Gasteiger partial charge in [-0.25, -0.2) is 4.79 Å². The lowest BCUT2D eigenvalue weighted by Crippen LogP contribution is -2.31. The molecule has 0 aromatic heterocycles. The van der Waals surface area contributed by atoms with Gasteiger partial charge in [0.2, 0.25) is 5.25 Å². The van der Waals surface area contributed by atoms with Crippen molar-refractivity contribution in [2.45, 2.75) is 11.4 Å². The molecule has 0 radical (unpaired) electrons. The Kier molecular flexibility index (Phi) is 4.93. The van der Waals surface area contributed by atoms with Crippen molar-refractivity contribution < 1.29 is 30.6 Å². The van der Waals surface area contributed by atoms with Gasteiger partial charge in [0.1, 0.15) is 0 Å². The van der Waals surface area contributed by atoms with E-state index in [1.165, 1.54) is 30.3 Å². The molecule has 0 aliphatic heterocycles. The summed E-state index contributed by atoms with van der Waals surface area (Å²) in [5.74, 6) is -1.37. The first kappa shape index (κ1) is 18.9. The maximum absolute atomic E-state index is 13.4. The molecule has 0 heterocycles. The van der Waals surface area contributed by atoms with Gasteiger partial charge in [-0.05, 0) is 28.5 Å². The molecule has 0 saturated carbocycles. The van der Waals surface area contributed by atoms with Crippen molar-refractivity contribution in [3.8, 4) is 0 Å². The zero-order valence-electron chi connectivity index (χ0n) is 13.7. The lowest BCUT2D eigenvalue weighted by atomic mass is 10.1. The molecule has 0 fully saturated rings. The molecule has 140 valence electrons. The second-order valence-corrected chi connectivity index (χ2v) is 7.38. The zero-order chi connectivity index (χ0) is 19.7. The van der Waals surface area contributed by atoms with Crippen molar-refractivity contribution in [2.75, 3.05) is 0 Å². The summed E-state index contributed by atoms with van der Waals surface area (Å²) in [6.07, 6.45) is -5.15. The fourth-order valence-electron chi connectivity index (χ4n) is 2.67. The Labute approximate surface area is 153 Å². The molecular weight excluding hydrogens is 381 g/mol. The van der Waals surface area contributed by atoms with E-state index in [0.717, 1.165) is 17.5 Å². The maximum atomic E-state index is 13.4. The van der Waals surface area contributed by atoms with Gasteiger partial charge in [-0.2, -0.15) is 21.6 Å². The number of hydrogen-bond donors (Lipinski definition) is 0. The van der Waals surface area contributed by atoms with Gasteiger partial charge < -0.3 is 4.18 Å². The second kappa shape index (κ2) is 7.03. The summed E-state index contributed by atoms with van der Waals surface area (Å²) in [4.78, 5) is 12.2. The summed E-state index contributed by atoms with van der Waals surface area (Å²) in [6.45, 7) is 0. The monoisotopic (exact) mass is 394 g/mol. The molecule has 1 atom stereocenters. The minimum absolute atomic E-state index is 0.161. The van der Waals surface area contributed by atoms with Crippen LogP contribution in [0.1, 0.15) is 21.2 Å². The molecule has 27 heavy (non-hydrogen) atoms. The molecule has 4 nitrogen and oxygen atoms in total. The molecular formula is C19H13F3O4S. The first-order valence-electron chi connectivity index (χ1n) is 7.76. The number of carbonyl (C=O) groups is 1. The predicted molar refractivity (Wildman–Crippen MR) is 93.5 cm³/mol. The van der Waals surface area contributed by atoms with E-state index in [1.54, 1.807) is 30.3 Å². The van der Waals surface area contributed by atoms with Gasteiger partial charge in [0.05, 0.1) is 5.56 Å². The van der Waals surface area contributed by atoms with Gasteiger partial charge in [0, 0.05) is 0 Å². The van der Waals surface area contributed by atoms with Crippen molar-refractivity contribution >= 4 is 26.9 Å². The molecule has 3 aromatic carbocycles. The average molecular weight is 394 g/mol. The standard InChI is InChI=1S/C19H13F3O4S/c20-19(21,22)17(14-7-2-1-3-8-14)27(24,25)26-18(23)16-11-10-13-6-4-5-9-15(13)12-16/h1-12,17H. The normalized spacial score (nSPS) is 13.3. The first-order chi connectivity index (χ1) is 12.7. The van der Waals surface area contributed by atoms with Crippen molar-refractivity contribution in [1.29, 1.82) is 0 Å². The van der Waals surface area contributed by atoms with Gasteiger partial charge in [-0.1, -0.05) is 60.7 Å². The second-order valence-electron chi connectivity index (χ2n) is 5.76. The fraction of sp³-hybridized carbons (Fsp3) is 0.105. The summed E-state index contributed by atoms with van der Waals surface area (Å²) in [5, 5.41) is -1.55. The molecule has 3 rings (SSSR count). The molecule has 0 aliphatic carbocycles. The van der Waals surface area contributed by atoms with E-state index in [4.69, 9.17) is 0 Å². The molecule has 0 N–H and O–H groups in total. The number of rotatable bonds is 4. The quantitative estimate of drug-likeness (QED) is 0.606. The summed E-state index contributed by atoms with van der Waals surface area (Å²) >= 11 is 0. The highest BCUT2D eigenvalue weighted by molar-refractivity contribution is 7.87. The van der Waals surface area contributed by atoms with E-state index < -0.39 is 33.1 Å². The fourth-order valence-corrected chi connectivity index (χ4v) is 3.89. The first-order valence-corrected chi connectivity index (χ1v) is 9.24. The van der Waals surface area contributed by atoms with E-state index in [1.807, 2.05) is 0 Å². The number of alkyl halides is 3. The lowest BCUT2D eigenvalue weighted by molar-refractivity contribution is -0.132. The Hall–Kier alpha value is -2.87. The molecule has 1 unspecified atom stereocenters. The van der Waals surface area contributed by atoms with Crippen LogP contribution in [0.15, 0.2) is 72.8 Å². The number of carbonyl (C=O) groups excluding carboxylic acids is 1. The average Bonchev–Trinajstić information content (AvgIpc) is 2.60. The Morgan fingerprint density at radius 3 is 2.07 bits per heavy atom. The van der Waals surface area contributed by atoms with Gasteiger partial charge in [-0.15, -0.1) is 0 Å². The number of hydrogen-bond acceptors (Lipinski definition) is 4. The highest BCUT2D eigenvalue weighted by Gasteiger charge is 2.52. The zero-order valence-corrected chi connectivity index (χ0v) is 14.5. The van der Waals surface area contributed by atoms with Crippen molar-refractivity contribution in [3.05, 3.63) is 83.9 Å². The Balaban J connectivity index is 1.94. The summed E-state index contributed by atoms with van der Waals surface area (Å²) < 4.78 is 69.0. The van der Waals surface area contributed by atoms with Crippen LogP contribution in [0.5, 0.6) is 0 Å². The highest BCUT2D eigenvalue weighted by atomic mass is 32.2. The van der Waals surface area contributed by atoms with E-state index in [-0.39, 0.29) is 5.56 Å². The SMILES string of the molecule is O=C(OS(=O)(=O)C(c1ccccc1)C(F)(F)F)c1ccc2ccccc2c1. The van der Waals surface area contributed by atoms with Crippen molar-refractivity contribution in [1.82, 2.24) is 0 Å². The molecule has 0 spiro atoms. The topological polar surface area (TPSA) is 60.4 Å². The van der Waals surface area contributed by atoms with Gasteiger partial charge in [0.15, 0.2) is 0 Å². The summed E-state index contributed by atoms with van der Waals surface area (Å²) in [5.41, 5.74) is -0.692. The molecule has 0 saturated heterocycles. The van der Waals surface area contributed by atoms with Crippen LogP contribution in [0.2, 0.25) is 0 Å². The third kappa shape index (κ3) is 4.11. The van der Waals surface area contributed by atoms with Crippen LogP contribution in [0, 0.1) is 0 Å². The third-order valence-corrected chi connectivity index (χ3v) is 5.37. The highest BCUT2D eigenvalue weighted by Crippen LogP contribution is 2.40.